The van der Waals surface area contributed by atoms with Gasteiger partial charge in [-0.2, -0.15) is 0 Å². The van der Waals surface area contributed by atoms with E-state index in [1.54, 1.807) is 0 Å². The zero-order valence-corrected chi connectivity index (χ0v) is 10.6. The number of rotatable bonds is 1. The van der Waals surface area contributed by atoms with Crippen LogP contribution >= 0.6 is 0 Å². The summed E-state index contributed by atoms with van der Waals surface area (Å²) >= 11 is 0. The summed E-state index contributed by atoms with van der Waals surface area (Å²) in [5.74, 6) is 1.05. The van der Waals surface area contributed by atoms with Gasteiger partial charge in [-0.15, -0.1) is 0 Å². The van der Waals surface area contributed by atoms with Crippen molar-refractivity contribution in [1.82, 2.24) is 10.2 Å². The summed E-state index contributed by atoms with van der Waals surface area (Å²) in [6, 6.07) is 2.59. The molecule has 3 rings (SSSR count). The normalized spacial score (nSPS) is 45.6. The fourth-order valence-corrected chi connectivity index (χ4v) is 4.30. The maximum absolute atomic E-state index is 3.58. The van der Waals surface area contributed by atoms with Crippen molar-refractivity contribution in [1.29, 1.82) is 0 Å². The van der Waals surface area contributed by atoms with Gasteiger partial charge < -0.3 is 5.32 Å². The molecule has 2 aliphatic heterocycles. The first kappa shape index (κ1) is 11.0. The lowest BCUT2D eigenvalue weighted by molar-refractivity contribution is 0.101. The van der Waals surface area contributed by atoms with E-state index >= 15 is 0 Å². The van der Waals surface area contributed by atoms with E-state index in [-0.39, 0.29) is 0 Å². The Kier molecular flexibility index (Phi) is 3.21. The first-order valence-corrected chi connectivity index (χ1v) is 7.34. The van der Waals surface area contributed by atoms with Gasteiger partial charge in [0, 0.05) is 18.1 Å². The van der Waals surface area contributed by atoms with E-state index in [1.807, 2.05) is 0 Å². The third-order valence-electron chi connectivity index (χ3n) is 5.12. The summed E-state index contributed by atoms with van der Waals surface area (Å²) in [5.41, 5.74) is 0. The maximum Gasteiger partial charge on any atom is 0.0127 e. The molecule has 2 heterocycles. The van der Waals surface area contributed by atoms with Crippen LogP contribution in [0.15, 0.2) is 0 Å². The summed E-state index contributed by atoms with van der Waals surface area (Å²) < 4.78 is 0. The van der Waals surface area contributed by atoms with Crippen molar-refractivity contribution in [2.45, 2.75) is 70.0 Å². The fraction of sp³-hybridized carbons (Fsp3) is 1.00. The molecular formula is C14H26N2. The van der Waals surface area contributed by atoms with Crippen LogP contribution in [-0.2, 0) is 0 Å². The van der Waals surface area contributed by atoms with Gasteiger partial charge in [-0.1, -0.05) is 12.8 Å². The van der Waals surface area contributed by atoms with Crippen LogP contribution in [0.3, 0.4) is 0 Å². The second-order valence-electron chi connectivity index (χ2n) is 6.17. The van der Waals surface area contributed by atoms with Crippen LogP contribution < -0.4 is 5.32 Å². The number of nitrogens with one attached hydrogen (secondary N) is 1. The van der Waals surface area contributed by atoms with Gasteiger partial charge in [0.1, 0.15) is 0 Å². The predicted molar refractivity (Wildman–Crippen MR) is 67.6 cm³/mol. The van der Waals surface area contributed by atoms with E-state index in [0.717, 1.165) is 24.0 Å². The van der Waals surface area contributed by atoms with Crippen LogP contribution in [0.4, 0.5) is 0 Å². The SMILES string of the molecule is CC1CC(N2CCC3CCCCC32)CCN1. The molecule has 2 heteroatoms. The Hall–Kier alpha value is -0.0800. The van der Waals surface area contributed by atoms with Gasteiger partial charge in [0.15, 0.2) is 0 Å². The highest BCUT2D eigenvalue weighted by Gasteiger charge is 2.39. The molecule has 4 unspecified atom stereocenters. The zero-order valence-electron chi connectivity index (χ0n) is 10.6. The van der Waals surface area contributed by atoms with E-state index in [4.69, 9.17) is 0 Å². The van der Waals surface area contributed by atoms with Gasteiger partial charge >= 0.3 is 0 Å². The van der Waals surface area contributed by atoms with Gasteiger partial charge in [-0.3, -0.25) is 4.90 Å². The predicted octanol–water partition coefficient (Wildman–Crippen LogP) is 2.39. The first-order valence-electron chi connectivity index (χ1n) is 7.34. The molecule has 0 spiro atoms. The first-order chi connectivity index (χ1) is 7.84. The topological polar surface area (TPSA) is 15.3 Å². The third-order valence-corrected chi connectivity index (χ3v) is 5.12. The Labute approximate surface area is 99.8 Å². The summed E-state index contributed by atoms with van der Waals surface area (Å²) in [4.78, 5) is 2.89. The van der Waals surface area contributed by atoms with Crippen molar-refractivity contribution in [2.75, 3.05) is 13.1 Å². The zero-order chi connectivity index (χ0) is 11.0. The van der Waals surface area contributed by atoms with Crippen LogP contribution in [0.25, 0.3) is 0 Å². The lowest BCUT2D eigenvalue weighted by Crippen LogP contribution is -2.49. The Morgan fingerprint density at radius 3 is 2.81 bits per heavy atom. The van der Waals surface area contributed by atoms with Gasteiger partial charge in [0.25, 0.3) is 0 Å². The van der Waals surface area contributed by atoms with E-state index in [0.29, 0.717) is 0 Å². The highest BCUT2D eigenvalue weighted by molar-refractivity contribution is 4.95. The molecule has 0 amide bonds. The van der Waals surface area contributed by atoms with Crippen LogP contribution in [0.5, 0.6) is 0 Å². The van der Waals surface area contributed by atoms with Crippen molar-refractivity contribution in [3.8, 4) is 0 Å². The molecule has 4 atom stereocenters. The lowest BCUT2D eigenvalue weighted by atomic mass is 9.84. The summed E-state index contributed by atoms with van der Waals surface area (Å²) in [6.07, 6.45) is 10.2. The van der Waals surface area contributed by atoms with Crippen molar-refractivity contribution < 1.29 is 0 Å². The summed E-state index contributed by atoms with van der Waals surface area (Å²) in [5, 5.41) is 3.58. The summed E-state index contributed by atoms with van der Waals surface area (Å²) in [7, 11) is 0. The molecule has 0 bridgehead atoms. The largest absolute Gasteiger partial charge is 0.314 e. The minimum absolute atomic E-state index is 0.737. The maximum atomic E-state index is 3.58. The monoisotopic (exact) mass is 222 g/mol. The van der Waals surface area contributed by atoms with Crippen molar-refractivity contribution in [2.24, 2.45) is 5.92 Å². The van der Waals surface area contributed by atoms with Crippen LogP contribution in [0.1, 0.15) is 51.9 Å². The molecule has 3 fully saturated rings. The average molecular weight is 222 g/mol. The second kappa shape index (κ2) is 4.66. The van der Waals surface area contributed by atoms with Crippen LogP contribution in [-0.4, -0.2) is 36.1 Å². The minimum Gasteiger partial charge on any atom is -0.314 e. The number of hydrogen-bond donors (Lipinski definition) is 1. The lowest BCUT2D eigenvalue weighted by Gasteiger charge is -2.40. The standard InChI is InChI=1S/C14H26N2/c1-11-10-13(6-8-15-11)16-9-7-12-4-2-3-5-14(12)16/h11-15H,2-10H2,1H3. The number of hydrogen-bond acceptors (Lipinski definition) is 2. The Morgan fingerprint density at radius 1 is 1.06 bits per heavy atom. The number of piperidine rings is 1. The van der Waals surface area contributed by atoms with E-state index < -0.39 is 0 Å². The van der Waals surface area contributed by atoms with Crippen molar-refractivity contribution >= 4 is 0 Å². The molecule has 0 aromatic heterocycles. The fourth-order valence-electron chi connectivity index (χ4n) is 4.30. The second-order valence-corrected chi connectivity index (χ2v) is 6.17. The Morgan fingerprint density at radius 2 is 1.94 bits per heavy atom. The summed E-state index contributed by atoms with van der Waals surface area (Å²) in [6.45, 7) is 4.98. The molecule has 1 N–H and O–H groups in total. The molecule has 1 saturated carbocycles. The van der Waals surface area contributed by atoms with Crippen LogP contribution in [0.2, 0.25) is 0 Å². The number of fused-ring (bicyclic) bond motifs is 1. The Balaban J connectivity index is 1.65. The van der Waals surface area contributed by atoms with Gasteiger partial charge in [-0.05, 0) is 58.0 Å². The smallest absolute Gasteiger partial charge is 0.0127 e. The molecular weight excluding hydrogens is 196 g/mol. The molecule has 16 heavy (non-hydrogen) atoms. The van der Waals surface area contributed by atoms with Gasteiger partial charge in [-0.25, -0.2) is 0 Å². The minimum atomic E-state index is 0.737. The molecule has 2 nitrogen and oxygen atoms in total. The molecule has 0 radical (unpaired) electrons. The average Bonchev–Trinajstić information content (AvgIpc) is 2.72. The van der Waals surface area contributed by atoms with Crippen LogP contribution in [0, 0.1) is 5.92 Å². The molecule has 92 valence electrons. The number of likely N-dealkylation sites (tertiary alicyclic amines) is 1. The third kappa shape index (κ3) is 2.02. The number of nitrogens with zero attached hydrogens (tertiary/aromatic N) is 1. The molecule has 3 aliphatic rings. The molecule has 2 saturated heterocycles. The Bertz CT molecular complexity index is 241. The van der Waals surface area contributed by atoms with E-state index in [1.165, 1.54) is 58.0 Å². The molecule has 0 aromatic carbocycles. The van der Waals surface area contributed by atoms with Gasteiger partial charge in [0.05, 0.1) is 0 Å². The quantitative estimate of drug-likeness (QED) is 0.733. The van der Waals surface area contributed by atoms with E-state index in [9.17, 15) is 0 Å². The van der Waals surface area contributed by atoms with Gasteiger partial charge in [0.2, 0.25) is 0 Å². The molecule has 0 aromatic rings. The van der Waals surface area contributed by atoms with E-state index in [2.05, 4.69) is 17.1 Å². The molecule has 1 aliphatic carbocycles. The highest BCUT2D eigenvalue weighted by Crippen LogP contribution is 2.38. The van der Waals surface area contributed by atoms with Crippen molar-refractivity contribution in [3.63, 3.8) is 0 Å². The van der Waals surface area contributed by atoms with Crippen molar-refractivity contribution in [3.05, 3.63) is 0 Å². The highest BCUT2D eigenvalue weighted by atomic mass is 15.2.